The van der Waals surface area contributed by atoms with Crippen molar-refractivity contribution in [2.75, 3.05) is 24.0 Å². The van der Waals surface area contributed by atoms with E-state index in [1.165, 1.54) is 24.0 Å². The minimum atomic E-state index is -0.999. The number of fused-ring (bicyclic) bond motifs is 5. The van der Waals surface area contributed by atoms with Crippen molar-refractivity contribution in [3.05, 3.63) is 118 Å². The van der Waals surface area contributed by atoms with Gasteiger partial charge in [-0.25, -0.2) is 19.8 Å². The quantitative estimate of drug-likeness (QED) is 0.248. The van der Waals surface area contributed by atoms with Crippen molar-refractivity contribution in [1.29, 1.82) is 0 Å². The van der Waals surface area contributed by atoms with Gasteiger partial charge in [-0.2, -0.15) is 0 Å². The van der Waals surface area contributed by atoms with Gasteiger partial charge in [0.25, 0.3) is 11.8 Å². The number of nitrogens with zero attached hydrogens (tertiary/aromatic N) is 4. The van der Waals surface area contributed by atoms with Crippen molar-refractivity contribution in [2.45, 2.75) is 24.2 Å². The molecule has 4 aromatic carbocycles. The normalized spacial score (nSPS) is 26.7. The molecule has 48 heavy (non-hydrogen) atoms. The van der Waals surface area contributed by atoms with Gasteiger partial charge in [-0.3, -0.25) is 19.2 Å². The first-order valence-electron chi connectivity index (χ1n) is 15.3. The van der Waals surface area contributed by atoms with E-state index in [2.05, 4.69) is 0 Å². The summed E-state index contributed by atoms with van der Waals surface area (Å²) in [6, 6.07) is 24.0. The number of carbonyl (C=O) groups excluding carboxylic acids is 4. The van der Waals surface area contributed by atoms with Crippen LogP contribution in [0, 0.1) is 11.8 Å². The van der Waals surface area contributed by atoms with Gasteiger partial charge in [0.1, 0.15) is 23.6 Å². The summed E-state index contributed by atoms with van der Waals surface area (Å²) in [6.45, 7) is 0. The summed E-state index contributed by atoms with van der Waals surface area (Å²) >= 11 is 12.6. The van der Waals surface area contributed by atoms with Crippen LogP contribution in [0.1, 0.15) is 23.2 Å². The molecule has 0 N–H and O–H groups in total. The maximum atomic E-state index is 14.6. The summed E-state index contributed by atoms with van der Waals surface area (Å²) in [4.78, 5) is 60.5. The lowest BCUT2D eigenvalue weighted by atomic mass is 9.84. The Bertz CT molecular complexity index is 1810. The van der Waals surface area contributed by atoms with Crippen LogP contribution in [-0.4, -0.2) is 59.9 Å². The molecule has 4 aliphatic rings. The molecule has 4 aromatic rings. The first kappa shape index (κ1) is 30.6. The second kappa shape index (κ2) is 11.5. The molecule has 12 heteroatoms. The van der Waals surface area contributed by atoms with Crippen LogP contribution in [-0.2, 0) is 19.2 Å². The number of anilines is 2. The molecule has 0 bridgehead atoms. The molecule has 4 saturated heterocycles. The lowest BCUT2D eigenvalue weighted by Crippen LogP contribution is -2.50. The molecule has 0 saturated carbocycles. The average molecular weight is 684 g/mol. The number of hydrogen-bond donors (Lipinski definition) is 0. The van der Waals surface area contributed by atoms with E-state index in [9.17, 15) is 19.2 Å². The molecule has 4 heterocycles. The van der Waals surface area contributed by atoms with E-state index in [0.29, 0.717) is 44.0 Å². The largest absolute Gasteiger partial charge is 0.497 e. The third-order valence-corrected chi connectivity index (χ3v) is 10.3. The Hall–Kier alpha value is -4.74. The molecule has 242 valence electrons. The number of imide groups is 2. The summed E-state index contributed by atoms with van der Waals surface area (Å²) in [5, 5.41) is 4.62. The Balaban J connectivity index is 1.30. The summed E-state index contributed by atoms with van der Waals surface area (Å²) in [6.07, 6.45) is 0. The Labute approximate surface area is 285 Å². The lowest BCUT2D eigenvalue weighted by Gasteiger charge is -2.35. The molecular formula is C36H28Cl2N4O6. The molecule has 8 rings (SSSR count). The number of rotatable bonds is 6. The predicted octanol–water partition coefficient (Wildman–Crippen LogP) is 5.46. The lowest BCUT2D eigenvalue weighted by molar-refractivity contribution is -0.136. The van der Waals surface area contributed by atoms with Crippen molar-refractivity contribution in [2.24, 2.45) is 11.8 Å². The SMILES string of the molecule is COc1ccc(N2C(=O)C3C(C2=O)N2C(c4ccc(Cl)cc4)C4C(=O)N(c5ccc(OC)cc5)C(=O)C4N2C3c2ccc(Cl)cc2)cc1. The number of halogens is 2. The van der Waals surface area contributed by atoms with Crippen LogP contribution >= 0.6 is 23.2 Å². The minimum absolute atomic E-state index is 0.403. The fourth-order valence-corrected chi connectivity index (χ4v) is 8.04. The Morgan fingerprint density at radius 1 is 0.458 bits per heavy atom. The van der Waals surface area contributed by atoms with E-state index in [1.807, 2.05) is 10.0 Å². The molecule has 4 fully saturated rings. The zero-order valence-electron chi connectivity index (χ0n) is 25.7. The van der Waals surface area contributed by atoms with Crippen LogP contribution in [0.25, 0.3) is 0 Å². The van der Waals surface area contributed by atoms with Crippen LogP contribution in [0.2, 0.25) is 10.0 Å². The number of hydrazine groups is 1. The topological polar surface area (TPSA) is 99.7 Å². The molecule has 0 spiro atoms. The van der Waals surface area contributed by atoms with Gasteiger partial charge in [-0.05, 0) is 83.9 Å². The highest BCUT2D eigenvalue weighted by molar-refractivity contribution is 6.31. The van der Waals surface area contributed by atoms with Gasteiger partial charge < -0.3 is 9.47 Å². The number of methoxy groups -OCH3 is 2. The molecule has 0 aliphatic carbocycles. The number of amides is 4. The van der Waals surface area contributed by atoms with Crippen molar-refractivity contribution < 1.29 is 28.7 Å². The maximum Gasteiger partial charge on any atom is 0.253 e. The van der Waals surface area contributed by atoms with Crippen molar-refractivity contribution >= 4 is 58.2 Å². The highest BCUT2D eigenvalue weighted by Gasteiger charge is 2.73. The van der Waals surface area contributed by atoms with Gasteiger partial charge in [0.2, 0.25) is 11.8 Å². The zero-order valence-corrected chi connectivity index (χ0v) is 27.2. The fourth-order valence-electron chi connectivity index (χ4n) is 7.79. The van der Waals surface area contributed by atoms with Gasteiger partial charge >= 0.3 is 0 Å². The Morgan fingerprint density at radius 3 is 1.10 bits per heavy atom. The summed E-state index contributed by atoms with van der Waals surface area (Å²) in [5.41, 5.74) is 2.19. The predicted molar refractivity (Wildman–Crippen MR) is 178 cm³/mol. The third-order valence-electron chi connectivity index (χ3n) is 9.81. The summed E-state index contributed by atoms with van der Waals surface area (Å²) in [5.74, 6) is -2.32. The number of benzene rings is 4. The minimum Gasteiger partial charge on any atom is -0.497 e. The molecule has 0 radical (unpaired) electrons. The van der Waals surface area contributed by atoms with Crippen molar-refractivity contribution in [3.63, 3.8) is 0 Å². The molecule has 6 atom stereocenters. The zero-order chi connectivity index (χ0) is 33.4. The number of hydrogen-bond acceptors (Lipinski definition) is 8. The maximum absolute atomic E-state index is 14.6. The Morgan fingerprint density at radius 2 is 0.792 bits per heavy atom. The van der Waals surface area contributed by atoms with Crippen LogP contribution in [0.15, 0.2) is 97.1 Å². The monoisotopic (exact) mass is 682 g/mol. The molecular weight excluding hydrogens is 655 g/mol. The van der Waals surface area contributed by atoms with E-state index in [-0.39, 0.29) is 0 Å². The molecule has 4 amide bonds. The summed E-state index contributed by atoms with van der Waals surface area (Å²) < 4.78 is 10.6. The van der Waals surface area contributed by atoms with Gasteiger partial charge in [-0.1, -0.05) is 47.5 Å². The van der Waals surface area contributed by atoms with Gasteiger partial charge in [0.05, 0.1) is 49.5 Å². The van der Waals surface area contributed by atoms with Gasteiger partial charge in [-0.15, -0.1) is 0 Å². The van der Waals surface area contributed by atoms with E-state index in [0.717, 1.165) is 0 Å². The van der Waals surface area contributed by atoms with Crippen LogP contribution in [0.3, 0.4) is 0 Å². The van der Waals surface area contributed by atoms with Crippen molar-refractivity contribution in [3.8, 4) is 11.5 Å². The van der Waals surface area contributed by atoms with Crippen LogP contribution in [0.5, 0.6) is 11.5 Å². The van der Waals surface area contributed by atoms with Crippen LogP contribution < -0.4 is 19.3 Å². The standard InChI is InChI=1S/C36H28Cl2N4O6/c1-47-25-15-11-23(12-16-25)39-33(43)27-29(19-3-7-21(37)8-4-19)42-32-28(34(44)40(36(32)46)24-13-17-26(48-2)18-14-24)30(41(42)31(27)35(39)45)20-5-9-22(38)10-6-20/h3-18,27-32H,1-2H3. The van der Waals surface area contributed by atoms with Crippen LogP contribution in [0.4, 0.5) is 11.4 Å². The molecule has 0 aromatic heterocycles. The van der Waals surface area contributed by atoms with E-state index in [1.54, 1.807) is 97.1 Å². The van der Waals surface area contributed by atoms with E-state index < -0.39 is 59.6 Å². The van der Waals surface area contributed by atoms with Crippen molar-refractivity contribution in [1.82, 2.24) is 10.0 Å². The van der Waals surface area contributed by atoms with Gasteiger partial charge in [0, 0.05) is 10.0 Å². The fraction of sp³-hybridized carbons (Fsp3) is 0.222. The Kier molecular flexibility index (Phi) is 7.30. The van der Waals surface area contributed by atoms with E-state index in [4.69, 9.17) is 32.7 Å². The second-order valence-corrected chi connectivity index (χ2v) is 13.0. The molecule has 6 unspecified atom stereocenters. The molecule has 4 aliphatic heterocycles. The second-order valence-electron chi connectivity index (χ2n) is 12.1. The smallest absolute Gasteiger partial charge is 0.253 e. The van der Waals surface area contributed by atoms with E-state index >= 15 is 0 Å². The highest BCUT2D eigenvalue weighted by Crippen LogP contribution is 2.59. The highest BCUT2D eigenvalue weighted by atomic mass is 35.5. The first-order valence-corrected chi connectivity index (χ1v) is 16.1. The van der Waals surface area contributed by atoms with Gasteiger partial charge in [0.15, 0.2) is 0 Å². The molecule has 10 nitrogen and oxygen atoms in total. The average Bonchev–Trinajstić information content (AvgIpc) is 3.77. The first-order chi connectivity index (χ1) is 23.2. The summed E-state index contributed by atoms with van der Waals surface area (Å²) in [7, 11) is 3.08. The third kappa shape index (κ3) is 4.40. The number of carbonyl (C=O) groups is 4. The number of ether oxygens (including phenoxy) is 2.